The van der Waals surface area contributed by atoms with Crippen molar-refractivity contribution in [3.63, 3.8) is 0 Å². The summed E-state index contributed by atoms with van der Waals surface area (Å²) < 4.78 is 53.5. The van der Waals surface area contributed by atoms with E-state index in [0.29, 0.717) is 25.3 Å². The largest absolute Gasteiger partial charge is 0.346 e. The molecule has 5 rings (SSSR count). The molecule has 1 saturated heterocycles. The molecule has 184 valence electrons. The number of aromatic nitrogens is 3. The predicted molar refractivity (Wildman–Crippen MR) is 132 cm³/mol. The summed E-state index contributed by atoms with van der Waals surface area (Å²) in [6.07, 6.45) is 11.6. The van der Waals surface area contributed by atoms with Crippen molar-refractivity contribution in [2.45, 2.75) is 50.5 Å². The monoisotopic (exact) mass is 505 g/mol. The second-order valence-corrected chi connectivity index (χ2v) is 13.5. The van der Waals surface area contributed by atoms with Crippen LogP contribution in [0.3, 0.4) is 0 Å². The Hall–Kier alpha value is -2.08. The fraction of sp³-hybridized carbons (Fsp3) is 0.565. The summed E-state index contributed by atoms with van der Waals surface area (Å²) in [6.45, 7) is 0.678. The summed E-state index contributed by atoms with van der Waals surface area (Å²) in [5.41, 5.74) is 3.01. The fourth-order valence-corrected chi connectivity index (χ4v) is 8.41. The summed E-state index contributed by atoms with van der Waals surface area (Å²) in [4.78, 5) is 12.1. The molecule has 4 heterocycles. The van der Waals surface area contributed by atoms with Gasteiger partial charge in [0, 0.05) is 42.3 Å². The number of H-pyrrole nitrogens is 1. The van der Waals surface area contributed by atoms with Gasteiger partial charge in [-0.1, -0.05) is 0 Å². The van der Waals surface area contributed by atoms with Crippen molar-refractivity contribution in [1.82, 2.24) is 24.0 Å². The van der Waals surface area contributed by atoms with Crippen LogP contribution < -0.4 is 4.72 Å². The Kier molecular flexibility index (Phi) is 6.38. The van der Waals surface area contributed by atoms with Gasteiger partial charge in [-0.05, 0) is 68.1 Å². The molecule has 9 nitrogen and oxygen atoms in total. The van der Waals surface area contributed by atoms with Crippen molar-refractivity contribution in [2.24, 2.45) is 5.92 Å². The van der Waals surface area contributed by atoms with Crippen LogP contribution >= 0.6 is 0 Å². The molecule has 2 N–H and O–H groups in total. The van der Waals surface area contributed by atoms with Crippen LogP contribution in [0, 0.1) is 5.92 Å². The van der Waals surface area contributed by atoms with E-state index in [4.69, 9.17) is 0 Å². The molecule has 1 aliphatic carbocycles. The average molecular weight is 506 g/mol. The van der Waals surface area contributed by atoms with E-state index in [2.05, 4.69) is 25.7 Å². The van der Waals surface area contributed by atoms with Crippen molar-refractivity contribution in [1.29, 1.82) is 0 Å². The first-order chi connectivity index (χ1) is 16.2. The predicted octanol–water partition coefficient (Wildman–Crippen LogP) is 2.73. The molecule has 0 spiro atoms. The number of aromatic amines is 1. The van der Waals surface area contributed by atoms with E-state index >= 15 is 0 Å². The number of pyridine rings is 2. The first-order valence-electron chi connectivity index (χ1n) is 11.9. The molecule has 3 aromatic heterocycles. The Morgan fingerprint density at radius 3 is 2.65 bits per heavy atom. The third-order valence-corrected chi connectivity index (χ3v) is 9.99. The van der Waals surface area contributed by atoms with Gasteiger partial charge in [0.1, 0.15) is 5.65 Å². The maximum atomic E-state index is 13.1. The maximum Gasteiger partial charge on any atom is 0.214 e. The summed E-state index contributed by atoms with van der Waals surface area (Å²) in [5.74, 6) is 0.615. The SMILES string of the molecule is CS(=O)(=O)NC1CCCN(S(=O)(=O)CC2CCC(c3ccnc4cnc5[nH]ccc5c34)CC2)C1. The van der Waals surface area contributed by atoms with E-state index in [0.717, 1.165) is 53.9 Å². The van der Waals surface area contributed by atoms with Crippen molar-refractivity contribution >= 4 is 42.0 Å². The van der Waals surface area contributed by atoms with Crippen LogP contribution in [0.25, 0.3) is 21.9 Å². The third kappa shape index (κ3) is 4.98. The van der Waals surface area contributed by atoms with Crippen LogP contribution in [-0.2, 0) is 20.0 Å². The number of piperidine rings is 1. The molecule has 11 heteroatoms. The lowest BCUT2D eigenvalue weighted by Gasteiger charge is -2.34. The smallest absolute Gasteiger partial charge is 0.214 e. The van der Waals surface area contributed by atoms with Crippen molar-refractivity contribution in [3.05, 3.63) is 36.3 Å². The number of rotatable bonds is 6. The van der Waals surface area contributed by atoms with Crippen LogP contribution in [0.1, 0.15) is 50.0 Å². The number of nitrogens with zero attached hydrogens (tertiary/aromatic N) is 3. The molecule has 1 aliphatic heterocycles. The molecular formula is C23H31N5O4S2. The molecule has 2 fully saturated rings. The minimum atomic E-state index is -3.43. The second kappa shape index (κ2) is 9.18. The van der Waals surface area contributed by atoms with E-state index in [9.17, 15) is 16.8 Å². The molecule has 1 atom stereocenters. The zero-order valence-electron chi connectivity index (χ0n) is 19.3. The summed E-state index contributed by atoms with van der Waals surface area (Å²) in [6, 6.07) is 3.78. The Morgan fingerprint density at radius 2 is 1.88 bits per heavy atom. The molecule has 0 amide bonds. The van der Waals surface area contributed by atoms with Crippen LogP contribution in [0.4, 0.5) is 0 Å². The number of sulfonamides is 2. The number of nitrogens with one attached hydrogen (secondary N) is 2. The molecule has 0 aromatic carbocycles. The minimum Gasteiger partial charge on any atom is -0.346 e. The lowest BCUT2D eigenvalue weighted by molar-refractivity contribution is 0.295. The summed E-state index contributed by atoms with van der Waals surface area (Å²) in [7, 11) is -6.79. The maximum absolute atomic E-state index is 13.1. The van der Waals surface area contributed by atoms with Gasteiger partial charge in [-0.15, -0.1) is 0 Å². The number of hydrogen-bond acceptors (Lipinski definition) is 6. The standard InChI is InChI=1S/C23H31N5O4S2/c1-33(29,30)27-18-3-2-12-28(14-18)34(31,32)15-16-4-6-17(7-5-16)19-8-10-24-21-13-26-23-20(22(19)21)9-11-25-23/h8-11,13,16-18,27H,2-7,12,14-15H2,1H3,(H,25,26). The minimum absolute atomic E-state index is 0.117. The normalized spacial score (nSPS) is 25.1. The van der Waals surface area contributed by atoms with E-state index in [-0.39, 0.29) is 24.3 Å². The molecule has 34 heavy (non-hydrogen) atoms. The highest BCUT2D eigenvalue weighted by Gasteiger charge is 2.34. The van der Waals surface area contributed by atoms with Crippen molar-refractivity contribution in [3.8, 4) is 0 Å². The van der Waals surface area contributed by atoms with Gasteiger partial charge in [-0.3, -0.25) is 4.98 Å². The Labute approximate surface area is 200 Å². The Balaban J connectivity index is 1.26. The van der Waals surface area contributed by atoms with Gasteiger partial charge in [-0.2, -0.15) is 0 Å². The molecule has 3 aromatic rings. The van der Waals surface area contributed by atoms with Gasteiger partial charge >= 0.3 is 0 Å². The zero-order chi connectivity index (χ0) is 23.9. The molecule has 1 unspecified atom stereocenters. The summed E-state index contributed by atoms with van der Waals surface area (Å²) in [5, 5.41) is 2.22. The van der Waals surface area contributed by atoms with E-state index in [1.165, 1.54) is 9.87 Å². The molecule has 2 aliphatic rings. The van der Waals surface area contributed by atoms with Gasteiger partial charge in [0.15, 0.2) is 0 Å². The topological polar surface area (TPSA) is 125 Å². The van der Waals surface area contributed by atoms with Gasteiger partial charge in [-0.25, -0.2) is 30.8 Å². The second-order valence-electron chi connectivity index (χ2n) is 9.74. The van der Waals surface area contributed by atoms with Gasteiger partial charge < -0.3 is 4.98 Å². The highest BCUT2D eigenvalue weighted by molar-refractivity contribution is 7.89. The average Bonchev–Trinajstić information content (AvgIpc) is 3.27. The van der Waals surface area contributed by atoms with E-state index < -0.39 is 20.0 Å². The van der Waals surface area contributed by atoms with Crippen LogP contribution in [0.2, 0.25) is 0 Å². The third-order valence-electron chi connectivity index (χ3n) is 7.21. The number of hydrogen-bond donors (Lipinski definition) is 2. The van der Waals surface area contributed by atoms with Crippen LogP contribution in [0.15, 0.2) is 30.7 Å². The zero-order valence-corrected chi connectivity index (χ0v) is 20.9. The van der Waals surface area contributed by atoms with Gasteiger partial charge in [0.25, 0.3) is 0 Å². The highest BCUT2D eigenvalue weighted by Crippen LogP contribution is 2.40. The molecule has 0 bridgehead atoms. The Bertz CT molecular complexity index is 1400. The quantitative estimate of drug-likeness (QED) is 0.531. The van der Waals surface area contributed by atoms with E-state index in [1.807, 2.05) is 18.5 Å². The fourth-order valence-electron chi connectivity index (χ4n) is 5.66. The highest BCUT2D eigenvalue weighted by atomic mass is 32.2. The Morgan fingerprint density at radius 1 is 1.09 bits per heavy atom. The molecule has 1 saturated carbocycles. The molecule has 0 radical (unpaired) electrons. The first-order valence-corrected chi connectivity index (χ1v) is 15.4. The lowest BCUT2D eigenvalue weighted by atomic mass is 9.78. The van der Waals surface area contributed by atoms with Crippen molar-refractivity contribution in [2.75, 3.05) is 25.1 Å². The number of fused-ring (bicyclic) bond motifs is 3. The van der Waals surface area contributed by atoms with Crippen LogP contribution in [-0.4, -0.2) is 67.2 Å². The summed E-state index contributed by atoms with van der Waals surface area (Å²) >= 11 is 0. The van der Waals surface area contributed by atoms with Gasteiger partial charge in [0.2, 0.25) is 20.0 Å². The van der Waals surface area contributed by atoms with Crippen molar-refractivity contribution < 1.29 is 16.8 Å². The molecular weight excluding hydrogens is 474 g/mol. The lowest BCUT2D eigenvalue weighted by Crippen LogP contribution is -2.50. The first kappa shape index (κ1) is 23.7. The van der Waals surface area contributed by atoms with Crippen LogP contribution in [0.5, 0.6) is 0 Å². The van der Waals surface area contributed by atoms with E-state index in [1.54, 1.807) is 6.20 Å². The van der Waals surface area contributed by atoms with Gasteiger partial charge in [0.05, 0.1) is 23.7 Å².